The molecule has 6 heteroatoms. The van der Waals surface area contributed by atoms with Crippen LogP contribution in [0.4, 0.5) is 5.13 Å². The molecule has 3 rings (SSSR count). The van der Waals surface area contributed by atoms with Crippen LogP contribution in [0.15, 0.2) is 66.0 Å². The van der Waals surface area contributed by atoms with E-state index < -0.39 is 6.04 Å². The van der Waals surface area contributed by atoms with E-state index in [0.29, 0.717) is 17.1 Å². The maximum absolute atomic E-state index is 12.7. The molecular weight excluding hydrogens is 346 g/mol. The van der Waals surface area contributed by atoms with Crippen LogP contribution in [0.3, 0.4) is 0 Å². The fraction of sp³-hybridized carbons (Fsp3) is 0.150. The molecule has 0 fully saturated rings. The van der Waals surface area contributed by atoms with E-state index in [9.17, 15) is 9.59 Å². The number of anilines is 1. The van der Waals surface area contributed by atoms with Crippen LogP contribution in [0.1, 0.15) is 21.6 Å². The molecule has 0 spiro atoms. The second-order valence-electron chi connectivity index (χ2n) is 5.87. The summed E-state index contributed by atoms with van der Waals surface area (Å²) >= 11 is 1.36. The average molecular weight is 365 g/mol. The number of rotatable bonds is 6. The van der Waals surface area contributed by atoms with Gasteiger partial charge < -0.3 is 10.6 Å². The Balaban J connectivity index is 1.76. The van der Waals surface area contributed by atoms with E-state index in [0.717, 1.165) is 11.3 Å². The summed E-state index contributed by atoms with van der Waals surface area (Å²) in [6, 6.07) is 17.8. The molecule has 0 radical (unpaired) electrons. The van der Waals surface area contributed by atoms with Crippen LogP contribution in [-0.2, 0) is 11.2 Å². The lowest BCUT2D eigenvalue weighted by Crippen LogP contribution is -2.45. The van der Waals surface area contributed by atoms with Crippen molar-refractivity contribution in [2.24, 2.45) is 0 Å². The first kappa shape index (κ1) is 17.8. The van der Waals surface area contributed by atoms with Gasteiger partial charge in [0.2, 0.25) is 5.91 Å². The molecule has 0 saturated carbocycles. The molecule has 0 aliphatic carbocycles. The lowest BCUT2D eigenvalue weighted by atomic mass is 10.0. The number of nitrogens with one attached hydrogen (secondary N) is 2. The SMILES string of the molecule is Cc1csc(NC(=O)[C@@H](Cc2ccccc2)NC(=O)c2ccccc2)n1. The Bertz CT molecular complexity index is 878. The van der Waals surface area contributed by atoms with Gasteiger partial charge in [-0.1, -0.05) is 48.5 Å². The van der Waals surface area contributed by atoms with Gasteiger partial charge in [0.25, 0.3) is 5.91 Å². The number of hydrogen-bond acceptors (Lipinski definition) is 4. The quantitative estimate of drug-likeness (QED) is 0.703. The molecular formula is C20H19N3O2S. The number of amides is 2. The molecule has 26 heavy (non-hydrogen) atoms. The van der Waals surface area contributed by atoms with Crippen molar-refractivity contribution in [2.45, 2.75) is 19.4 Å². The van der Waals surface area contributed by atoms with Gasteiger partial charge in [-0.3, -0.25) is 9.59 Å². The maximum atomic E-state index is 12.7. The summed E-state index contributed by atoms with van der Waals surface area (Å²) in [5.41, 5.74) is 2.33. The summed E-state index contributed by atoms with van der Waals surface area (Å²) < 4.78 is 0. The summed E-state index contributed by atoms with van der Waals surface area (Å²) in [6.45, 7) is 1.87. The fourth-order valence-electron chi connectivity index (χ4n) is 2.49. The lowest BCUT2D eigenvalue weighted by molar-refractivity contribution is -0.118. The molecule has 2 N–H and O–H groups in total. The average Bonchev–Trinajstić information content (AvgIpc) is 3.07. The zero-order valence-corrected chi connectivity index (χ0v) is 15.1. The van der Waals surface area contributed by atoms with E-state index in [2.05, 4.69) is 15.6 Å². The molecule has 2 aromatic carbocycles. The highest BCUT2D eigenvalue weighted by atomic mass is 32.1. The third kappa shape index (κ3) is 4.77. The van der Waals surface area contributed by atoms with E-state index in [1.165, 1.54) is 11.3 Å². The summed E-state index contributed by atoms with van der Waals surface area (Å²) in [6.07, 6.45) is 0.398. The Hall–Kier alpha value is -2.99. The number of carbonyl (C=O) groups is 2. The van der Waals surface area contributed by atoms with Crippen molar-refractivity contribution in [3.8, 4) is 0 Å². The van der Waals surface area contributed by atoms with E-state index >= 15 is 0 Å². The Morgan fingerprint density at radius 1 is 1.04 bits per heavy atom. The van der Waals surface area contributed by atoms with E-state index in [1.807, 2.05) is 48.7 Å². The first-order chi connectivity index (χ1) is 12.6. The van der Waals surface area contributed by atoms with E-state index in [-0.39, 0.29) is 11.8 Å². The smallest absolute Gasteiger partial charge is 0.251 e. The van der Waals surface area contributed by atoms with Gasteiger partial charge in [-0.2, -0.15) is 0 Å². The van der Waals surface area contributed by atoms with E-state index in [1.54, 1.807) is 24.3 Å². The zero-order valence-electron chi connectivity index (χ0n) is 14.3. The lowest BCUT2D eigenvalue weighted by Gasteiger charge is -2.18. The Morgan fingerprint density at radius 2 is 1.69 bits per heavy atom. The van der Waals surface area contributed by atoms with Crippen LogP contribution in [0.2, 0.25) is 0 Å². The van der Waals surface area contributed by atoms with Crippen molar-refractivity contribution in [3.05, 3.63) is 82.9 Å². The molecule has 2 amide bonds. The molecule has 0 aliphatic heterocycles. The molecule has 1 aromatic heterocycles. The van der Waals surface area contributed by atoms with Crippen LogP contribution in [0, 0.1) is 6.92 Å². The van der Waals surface area contributed by atoms with Crippen LogP contribution >= 0.6 is 11.3 Å². The number of thiazole rings is 1. The van der Waals surface area contributed by atoms with Crippen LogP contribution < -0.4 is 10.6 Å². The monoisotopic (exact) mass is 365 g/mol. The minimum atomic E-state index is -0.700. The Labute approximate surface area is 156 Å². The van der Waals surface area contributed by atoms with Crippen molar-refractivity contribution in [3.63, 3.8) is 0 Å². The number of hydrogen-bond donors (Lipinski definition) is 2. The van der Waals surface area contributed by atoms with Gasteiger partial charge in [0, 0.05) is 17.4 Å². The number of nitrogens with zero attached hydrogens (tertiary/aromatic N) is 1. The summed E-state index contributed by atoms with van der Waals surface area (Å²) in [4.78, 5) is 29.5. The van der Waals surface area contributed by atoms with Gasteiger partial charge in [-0.25, -0.2) is 4.98 Å². The number of aromatic nitrogens is 1. The van der Waals surface area contributed by atoms with Gasteiger partial charge in [0.1, 0.15) is 6.04 Å². The predicted molar refractivity (Wildman–Crippen MR) is 103 cm³/mol. The molecule has 0 aliphatic rings. The molecule has 132 valence electrons. The largest absolute Gasteiger partial charge is 0.340 e. The fourth-order valence-corrected chi connectivity index (χ4v) is 3.19. The van der Waals surface area contributed by atoms with Crippen LogP contribution in [-0.4, -0.2) is 22.8 Å². The zero-order chi connectivity index (χ0) is 18.4. The van der Waals surface area contributed by atoms with Gasteiger partial charge in [-0.15, -0.1) is 11.3 Å². The highest BCUT2D eigenvalue weighted by Gasteiger charge is 2.22. The number of carbonyl (C=O) groups excluding carboxylic acids is 2. The van der Waals surface area contributed by atoms with Gasteiger partial charge in [0.05, 0.1) is 5.69 Å². The predicted octanol–water partition coefficient (Wildman–Crippen LogP) is 3.43. The first-order valence-electron chi connectivity index (χ1n) is 8.24. The highest BCUT2D eigenvalue weighted by molar-refractivity contribution is 7.13. The summed E-state index contributed by atoms with van der Waals surface area (Å²) in [7, 11) is 0. The molecule has 5 nitrogen and oxygen atoms in total. The third-order valence-electron chi connectivity index (χ3n) is 3.79. The third-order valence-corrected chi connectivity index (χ3v) is 4.67. The number of benzene rings is 2. The Kier molecular flexibility index (Phi) is 5.76. The highest BCUT2D eigenvalue weighted by Crippen LogP contribution is 2.15. The second-order valence-corrected chi connectivity index (χ2v) is 6.72. The van der Waals surface area contributed by atoms with Gasteiger partial charge >= 0.3 is 0 Å². The summed E-state index contributed by atoms with van der Waals surface area (Å²) in [5.74, 6) is -0.565. The van der Waals surface area contributed by atoms with Crippen molar-refractivity contribution >= 4 is 28.3 Å². The van der Waals surface area contributed by atoms with Crippen molar-refractivity contribution in [1.29, 1.82) is 0 Å². The minimum absolute atomic E-state index is 0.281. The van der Waals surface area contributed by atoms with Crippen molar-refractivity contribution < 1.29 is 9.59 Å². The first-order valence-corrected chi connectivity index (χ1v) is 9.12. The van der Waals surface area contributed by atoms with E-state index in [4.69, 9.17) is 0 Å². The summed E-state index contributed by atoms with van der Waals surface area (Å²) in [5, 5.41) is 8.02. The van der Waals surface area contributed by atoms with Crippen LogP contribution in [0.5, 0.6) is 0 Å². The van der Waals surface area contributed by atoms with Gasteiger partial charge in [-0.05, 0) is 24.6 Å². The second kappa shape index (κ2) is 8.40. The molecule has 0 unspecified atom stereocenters. The molecule has 1 atom stereocenters. The van der Waals surface area contributed by atoms with Gasteiger partial charge in [0.15, 0.2) is 5.13 Å². The molecule has 0 saturated heterocycles. The normalized spacial score (nSPS) is 11.6. The van der Waals surface area contributed by atoms with Crippen molar-refractivity contribution in [1.82, 2.24) is 10.3 Å². The van der Waals surface area contributed by atoms with Crippen molar-refractivity contribution in [2.75, 3.05) is 5.32 Å². The number of aryl methyl sites for hydroxylation is 1. The molecule has 1 heterocycles. The van der Waals surface area contributed by atoms with Crippen LogP contribution in [0.25, 0.3) is 0 Å². The molecule has 3 aromatic rings. The maximum Gasteiger partial charge on any atom is 0.251 e. The Morgan fingerprint density at radius 3 is 2.31 bits per heavy atom. The molecule has 0 bridgehead atoms. The topological polar surface area (TPSA) is 71.1 Å². The standard InChI is InChI=1S/C20H19N3O2S/c1-14-13-26-20(21-14)23-19(25)17(12-15-8-4-2-5-9-15)22-18(24)16-10-6-3-7-11-16/h2-11,13,17H,12H2,1H3,(H,22,24)(H,21,23,25)/t17-/m1/s1. The minimum Gasteiger partial charge on any atom is -0.340 e.